The van der Waals surface area contributed by atoms with Gasteiger partial charge in [0.25, 0.3) is 0 Å². The van der Waals surface area contributed by atoms with Gasteiger partial charge in [-0.25, -0.2) is 4.79 Å². The number of ether oxygens (including phenoxy) is 2. The molecule has 1 saturated heterocycles. The van der Waals surface area contributed by atoms with E-state index in [9.17, 15) is 9.59 Å². The van der Waals surface area contributed by atoms with Gasteiger partial charge in [0.2, 0.25) is 0 Å². The number of rotatable bonds is 4. The Balaban J connectivity index is 2.18. The fraction of sp³-hybridized carbons (Fsp3) is 0.583. The van der Waals surface area contributed by atoms with Crippen molar-refractivity contribution in [1.29, 1.82) is 0 Å². The number of carbonyl (C=O) groups excluding carboxylic acids is 2. The first kappa shape index (κ1) is 14.6. The van der Waals surface area contributed by atoms with Crippen LogP contribution in [0.3, 0.4) is 0 Å². The Labute approximate surface area is 120 Å². The fourth-order valence-corrected chi connectivity index (χ4v) is 3.04. The summed E-state index contributed by atoms with van der Waals surface area (Å²) in [4.78, 5) is 25.4. The summed E-state index contributed by atoms with van der Waals surface area (Å²) in [5.41, 5.74) is 6.03. The van der Waals surface area contributed by atoms with Crippen LogP contribution in [0.1, 0.15) is 23.7 Å². The molecule has 1 aromatic rings. The Morgan fingerprint density at radius 1 is 1.55 bits per heavy atom. The van der Waals surface area contributed by atoms with Gasteiger partial charge in [0.05, 0.1) is 19.6 Å². The average Bonchev–Trinajstić information content (AvgIpc) is 3.04. The molecule has 1 aromatic heterocycles. The summed E-state index contributed by atoms with van der Waals surface area (Å²) in [5, 5.41) is 0.660. The molecule has 20 heavy (non-hydrogen) atoms. The summed E-state index contributed by atoms with van der Waals surface area (Å²) in [6.07, 6.45) is 0.687. The number of nitrogen functional groups attached to an aromatic ring is 1. The maximum atomic E-state index is 11.9. The Morgan fingerprint density at radius 2 is 2.30 bits per heavy atom. The highest BCUT2D eigenvalue weighted by atomic mass is 32.1. The standard InChI is InChI=1S/C12H17N3O4S/c1-3-19-12(17)8-9(13)14-20-10(8)15-5-4-7(6-15)11(16)18-2/h7H,3-6H2,1-2H3,(H2,13,14). The number of nitrogens with two attached hydrogens (primary N) is 1. The van der Waals surface area contributed by atoms with Crippen LogP contribution in [-0.4, -0.2) is 43.1 Å². The highest BCUT2D eigenvalue weighted by molar-refractivity contribution is 7.11. The molecule has 0 aromatic carbocycles. The van der Waals surface area contributed by atoms with Crippen molar-refractivity contribution in [3.05, 3.63) is 5.56 Å². The molecule has 1 fully saturated rings. The van der Waals surface area contributed by atoms with E-state index < -0.39 is 5.97 Å². The second-order valence-corrected chi connectivity index (χ2v) is 5.18. The fourth-order valence-electron chi connectivity index (χ4n) is 2.21. The van der Waals surface area contributed by atoms with Crippen LogP contribution in [0.25, 0.3) is 0 Å². The van der Waals surface area contributed by atoms with E-state index in [0.29, 0.717) is 30.1 Å². The molecule has 0 aliphatic carbocycles. The molecule has 110 valence electrons. The molecule has 0 amide bonds. The summed E-state index contributed by atoms with van der Waals surface area (Å²) in [6, 6.07) is 0. The molecule has 1 atom stereocenters. The summed E-state index contributed by atoms with van der Waals surface area (Å²) in [7, 11) is 1.37. The minimum Gasteiger partial charge on any atom is -0.469 e. The van der Waals surface area contributed by atoms with Gasteiger partial charge in [-0.1, -0.05) is 0 Å². The van der Waals surface area contributed by atoms with Crippen LogP contribution in [0, 0.1) is 5.92 Å². The lowest BCUT2D eigenvalue weighted by Crippen LogP contribution is -2.24. The van der Waals surface area contributed by atoms with E-state index in [1.165, 1.54) is 7.11 Å². The van der Waals surface area contributed by atoms with Gasteiger partial charge in [-0.3, -0.25) is 4.79 Å². The first-order valence-corrected chi connectivity index (χ1v) is 7.10. The largest absolute Gasteiger partial charge is 0.469 e. The summed E-state index contributed by atoms with van der Waals surface area (Å²) in [5.74, 6) is -0.721. The van der Waals surface area contributed by atoms with Crippen LogP contribution < -0.4 is 10.6 Å². The van der Waals surface area contributed by atoms with Crippen LogP contribution in [0.15, 0.2) is 0 Å². The van der Waals surface area contributed by atoms with Crippen LogP contribution in [-0.2, 0) is 14.3 Å². The molecule has 2 rings (SSSR count). The molecule has 1 unspecified atom stereocenters. The predicted molar refractivity (Wildman–Crippen MR) is 74.8 cm³/mol. The lowest BCUT2D eigenvalue weighted by atomic mass is 10.1. The Morgan fingerprint density at radius 3 is 2.95 bits per heavy atom. The van der Waals surface area contributed by atoms with E-state index in [2.05, 4.69) is 4.37 Å². The quantitative estimate of drug-likeness (QED) is 0.825. The third-order valence-electron chi connectivity index (χ3n) is 3.19. The van der Waals surface area contributed by atoms with Crippen molar-refractivity contribution >= 4 is 34.3 Å². The maximum absolute atomic E-state index is 11.9. The molecule has 0 spiro atoms. The van der Waals surface area contributed by atoms with E-state index in [4.69, 9.17) is 15.2 Å². The number of anilines is 2. The third kappa shape index (κ3) is 2.69. The van der Waals surface area contributed by atoms with Crippen molar-refractivity contribution in [2.45, 2.75) is 13.3 Å². The monoisotopic (exact) mass is 299 g/mol. The molecule has 1 aliphatic rings. The average molecular weight is 299 g/mol. The summed E-state index contributed by atoms with van der Waals surface area (Å²) >= 11 is 1.15. The number of hydrogen-bond donors (Lipinski definition) is 1. The zero-order chi connectivity index (χ0) is 14.7. The predicted octanol–water partition coefficient (Wildman–Crippen LogP) is 0.901. The number of methoxy groups -OCH3 is 1. The minimum atomic E-state index is -0.477. The van der Waals surface area contributed by atoms with Crippen molar-refractivity contribution in [3.63, 3.8) is 0 Å². The van der Waals surface area contributed by atoms with Gasteiger partial charge >= 0.3 is 11.9 Å². The summed E-state index contributed by atoms with van der Waals surface area (Å²) < 4.78 is 13.8. The van der Waals surface area contributed by atoms with E-state index in [1.807, 2.05) is 4.90 Å². The normalized spacial score (nSPS) is 18.1. The lowest BCUT2D eigenvalue weighted by molar-refractivity contribution is -0.144. The van der Waals surface area contributed by atoms with E-state index in [-0.39, 0.29) is 24.3 Å². The molecule has 0 bridgehead atoms. The molecule has 7 nitrogen and oxygen atoms in total. The van der Waals surface area contributed by atoms with E-state index in [0.717, 1.165) is 11.5 Å². The minimum absolute atomic E-state index is 0.171. The zero-order valence-corrected chi connectivity index (χ0v) is 12.2. The number of carbonyl (C=O) groups is 2. The highest BCUT2D eigenvalue weighted by Gasteiger charge is 2.33. The summed E-state index contributed by atoms with van der Waals surface area (Å²) in [6.45, 7) is 3.17. The van der Waals surface area contributed by atoms with E-state index >= 15 is 0 Å². The van der Waals surface area contributed by atoms with Gasteiger partial charge < -0.3 is 20.1 Å². The molecular weight excluding hydrogens is 282 g/mol. The second-order valence-electron chi connectivity index (χ2n) is 4.42. The van der Waals surface area contributed by atoms with Gasteiger partial charge in [0.15, 0.2) is 5.82 Å². The van der Waals surface area contributed by atoms with Gasteiger partial charge in [-0.15, -0.1) is 0 Å². The number of aromatic nitrogens is 1. The Bertz CT molecular complexity index is 517. The Kier molecular flexibility index (Phi) is 4.43. The number of nitrogens with zero attached hydrogens (tertiary/aromatic N) is 2. The van der Waals surface area contributed by atoms with Crippen molar-refractivity contribution in [3.8, 4) is 0 Å². The molecule has 0 saturated carbocycles. The lowest BCUT2D eigenvalue weighted by Gasteiger charge is -2.17. The van der Waals surface area contributed by atoms with Crippen molar-refractivity contribution in [1.82, 2.24) is 4.37 Å². The number of hydrogen-bond acceptors (Lipinski definition) is 8. The molecule has 2 N–H and O–H groups in total. The van der Waals surface area contributed by atoms with Gasteiger partial charge in [0, 0.05) is 13.1 Å². The van der Waals surface area contributed by atoms with Crippen LogP contribution in [0.2, 0.25) is 0 Å². The number of esters is 2. The Hall–Kier alpha value is -1.83. The second kappa shape index (κ2) is 6.08. The SMILES string of the molecule is CCOC(=O)c1c(N)nsc1N1CCC(C(=O)OC)C1. The van der Waals surface area contributed by atoms with Gasteiger partial charge in [-0.05, 0) is 24.9 Å². The smallest absolute Gasteiger partial charge is 0.345 e. The molecule has 0 radical (unpaired) electrons. The van der Waals surface area contributed by atoms with Gasteiger partial charge in [-0.2, -0.15) is 4.37 Å². The zero-order valence-electron chi connectivity index (χ0n) is 11.4. The third-order valence-corrected chi connectivity index (χ3v) is 4.11. The topological polar surface area (TPSA) is 94.8 Å². The molecular formula is C12H17N3O4S. The van der Waals surface area contributed by atoms with Crippen molar-refractivity contribution < 1.29 is 19.1 Å². The highest BCUT2D eigenvalue weighted by Crippen LogP contribution is 2.34. The van der Waals surface area contributed by atoms with Crippen LogP contribution in [0.5, 0.6) is 0 Å². The maximum Gasteiger partial charge on any atom is 0.345 e. The van der Waals surface area contributed by atoms with E-state index in [1.54, 1.807) is 6.92 Å². The molecule has 1 aliphatic heterocycles. The van der Waals surface area contributed by atoms with Crippen LogP contribution in [0.4, 0.5) is 10.8 Å². The first-order valence-electron chi connectivity index (χ1n) is 6.33. The molecule has 2 heterocycles. The van der Waals surface area contributed by atoms with Crippen LogP contribution >= 0.6 is 11.5 Å². The molecule has 8 heteroatoms. The van der Waals surface area contributed by atoms with Crippen molar-refractivity contribution in [2.75, 3.05) is 37.4 Å². The van der Waals surface area contributed by atoms with Gasteiger partial charge in [0.1, 0.15) is 10.6 Å². The van der Waals surface area contributed by atoms with Crippen molar-refractivity contribution in [2.24, 2.45) is 5.92 Å². The first-order chi connectivity index (χ1) is 9.58.